The number of benzene rings is 1. The lowest BCUT2D eigenvalue weighted by Crippen LogP contribution is -2.47. The minimum Gasteiger partial charge on any atom is -0.481 e. The zero-order valence-electron chi connectivity index (χ0n) is 17.7. The molecule has 4 unspecified atom stereocenters. The van der Waals surface area contributed by atoms with Crippen molar-refractivity contribution in [3.63, 3.8) is 0 Å². The number of aliphatic carboxylic acids is 1. The maximum Gasteiger partial charge on any atom is 0.341 e. The quantitative estimate of drug-likeness (QED) is 0.522. The molecule has 3 aliphatic rings. The van der Waals surface area contributed by atoms with E-state index in [1.807, 2.05) is 50.3 Å². The zero-order chi connectivity index (χ0) is 22.3. The normalized spacial score (nSPS) is 24.1. The van der Waals surface area contributed by atoms with E-state index in [2.05, 4.69) is 5.32 Å². The number of carboxylic acids is 1. The summed E-state index contributed by atoms with van der Waals surface area (Å²) in [7, 11) is 1.31. The van der Waals surface area contributed by atoms with Crippen LogP contribution in [-0.2, 0) is 14.3 Å². The van der Waals surface area contributed by atoms with Gasteiger partial charge in [-0.3, -0.25) is 9.59 Å². The van der Waals surface area contributed by atoms with Crippen molar-refractivity contribution in [3.8, 4) is 11.1 Å². The highest BCUT2D eigenvalue weighted by Gasteiger charge is 2.48. The van der Waals surface area contributed by atoms with Gasteiger partial charge in [0, 0.05) is 10.4 Å². The van der Waals surface area contributed by atoms with Gasteiger partial charge in [-0.05, 0) is 44.1 Å². The molecule has 2 bridgehead atoms. The molecule has 1 aromatic carbocycles. The molecule has 0 aliphatic heterocycles. The minimum absolute atomic E-state index is 0.106. The molecule has 3 aliphatic carbocycles. The molecular formula is C24H25NO5S. The van der Waals surface area contributed by atoms with E-state index >= 15 is 0 Å². The molecule has 2 aromatic rings. The minimum atomic E-state index is -0.949. The first kappa shape index (κ1) is 21.3. The zero-order valence-corrected chi connectivity index (χ0v) is 18.5. The Labute approximate surface area is 184 Å². The number of amides is 1. The molecule has 0 radical (unpaired) electrons. The average Bonchev–Trinajstić information content (AvgIpc) is 3.09. The summed E-state index contributed by atoms with van der Waals surface area (Å²) in [4.78, 5) is 38.8. The number of aryl methyl sites for hydroxylation is 2. The molecule has 7 heteroatoms. The molecule has 0 saturated heterocycles. The van der Waals surface area contributed by atoms with Crippen molar-refractivity contribution in [1.82, 2.24) is 0 Å². The van der Waals surface area contributed by atoms with Gasteiger partial charge in [0.25, 0.3) is 0 Å². The number of carboxylic acid groups (broad SMARTS) is 1. The molecule has 0 spiro atoms. The van der Waals surface area contributed by atoms with Gasteiger partial charge in [-0.2, -0.15) is 0 Å². The third-order valence-corrected chi connectivity index (χ3v) is 7.41. The number of esters is 1. The number of methoxy groups -OCH3 is 1. The summed E-state index contributed by atoms with van der Waals surface area (Å²) in [5, 5.41) is 13.1. The van der Waals surface area contributed by atoms with Crippen LogP contribution in [0.25, 0.3) is 11.1 Å². The Morgan fingerprint density at radius 1 is 1.03 bits per heavy atom. The van der Waals surface area contributed by atoms with Crippen molar-refractivity contribution < 1.29 is 24.2 Å². The van der Waals surface area contributed by atoms with Gasteiger partial charge < -0.3 is 15.2 Å². The maximum atomic E-state index is 13.3. The van der Waals surface area contributed by atoms with E-state index in [9.17, 15) is 19.5 Å². The van der Waals surface area contributed by atoms with Gasteiger partial charge in [-0.15, -0.1) is 11.3 Å². The van der Waals surface area contributed by atoms with Crippen LogP contribution in [0.5, 0.6) is 0 Å². The van der Waals surface area contributed by atoms with Crippen LogP contribution in [-0.4, -0.2) is 30.1 Å². The standard InChI is InChI=1S/C24H25NO5S/c1-12-4-6-14(7-5-12)17-13(2)31-22(20(17)24(29)30-3)25-21(26)18-15-8-10-16(11-9-15)19(18)23(27)28/h4-8,10,15-16,18-19H,9,11H2,1-3H3,(H,25,26)(H,27,28). The molecule has 162 valence electrons. The second kappa shape index (κ2) is 8.30. The molecule has 4 atom stereocenters. The molecule has 2 N–H and O–H groups in total. The Bertz CT molecular complexity index is 1070. The Morgan fingerprint density at radius 3 is 2.19 bits per heavy atom. The summed E-state index contributed by atoms with van der Waals surface area (Å²) in [5.74, 6) is -3.48. The van der Waals surface area contributed by atoms with Crippen molar-refractivity contribution in [2.24, 2.45) is 23.7 Å². The number of thiophene rings is 1. The summed E-state index contributed by atoms with van der Waals surface area (Å²) in [6, 6.07) is 7.81. The van der Waals surface area contributed by atoms with Gasteiger partial charge in [0.1, 0.15) is 10.6 Å². The first-order valence-electron chi connectivity index (χ1n) is 10.3. The lowest BCUT2D eigenvalue weighted by atomic mass is 9.62. The van der Waals surface area contributed by atoms with Gasteiger partial charge >= 0.3 is 11.9 Å². The Morgan fingerprint density at radius 2 is 1.65 bits per heavy atom. The van der Waals surface area contributed by atoms with Crippen LogP contribution in [0.15, 0.2) is 36.4 Å². The van der Waals surface area contributed by atoms with Crippen molar-refractivity contribution in [3.05, 3.63) is 52.4 Å². The second-order valence-electron chi connectivity index (χ2n) is 8.26. The molecule has 1 aromatic heterocycles. The van der Waals surface area contributed by atoms with Crippen LogP contribution in [0.2, 0.25) is 0 Å². The fraction of sp³-hybridized carbons (Fsp3) is 0.375. The molecular weight excluding hydrogens is 414 g/mol. The monoisotopic (exact) mass is 439 g/mol. The van der Waals surface area contributed by atoms with Crippen molar-refractivity contribution in [1.29, 1.82) is 0 Å². The smallest absolute Gasteiger partial charge is 0.341 e. The number of hydrogen-bond donors (Lipinski definition) is 2. The molecule has 6 nitrogen and oxygen atoms in total. The van der Waals surface area contributed by atoms with E-state index in [4.69, 9.17) is 4.74 Å². The lowest BCUT2D eigenvalue weighted by Gasteiger charge is -2.41. The van der Waals surface area contributed by atoms with Gasteiger partial charge in [0.05, 0.1) is 18.9 Å². The number of rotatable bonds is 5. The first-order valence-corrected chi connectivity index (χ1v) is 11.1. The third kappa shape index (κ3) is 3.78. The fourth-order valence-electron chi connectivity index (χ4n) is 4.88. The number of ether oxygens (including phenoxy) is 1. The summed E-state index contributed by atoms with van der Waals surface area (Å²) < 4.78 is 5.02. The van der Waals surface area contributed by atoms with Gasteiger partial charge in [0.15, 0.2) is 0 Å². The average molecular weight is 440 g/mol. The predicted octanol–water partition coefficient (Wildman–Crippen LogP) is 4.67. The lowest BCUT2D eigenvalue weighted by molar-refractivity contribution is -0.151. The molecule has 1 amide bonds. The Kier molecular flexibility index (Phi) is 5.71. The Balaban J connectivity index is 1.71. The van der Waals surface area contributed by atoms with E-state index in [0.29, 0.717) is 10.6 Å². The van der Waals surface area contributed by atoms with Gasteiger partial charge in [-0.25, -0.2) is 4.79 Å². The molecule has 1 saturated carbocycles. The third-order valence-electron chi connectivity index (χ3n) is 6.39. The number of fused-ring (bicyclic) bond motifs is 2. The van der Waals surface area contributed by atoms with Gasteiger partial charge in [0.2, 0.25) is 5.91 Å². The summed E-state index contributed by atoms with van der Waals surface area (Å²) in [6.07, 6.45) is 5.48. The van der Waals surface area contributed by atoms with E-state index < -0.39 is 23.8 Å². The van der Waals surface area contributed by atoms with Crippen LogP contribution < -0.4 is 5.32 Å². The summed E-state index contributed by atoms with van der Waals surface area (Å²) in [6.45, 7) is 3.88. The van der Waals surface area contributed by atoms with Crippen LogP contribution >= 0.6 is 11.3 Å². The SMILES string of the molecule is COC(=O)c1c(NC(=O)C2C3C=CC(CC3)C2C(=O)O)sc(C)c1-c1ccc(C)cc1. The number of anilines is 1. The first-order chi connectivity index (χ1) is 14.8. The topological polar surface area (TPSA) is 92.7 Å². The number of carbonyl (C=O) groups is 3. The van der Waals surface area contributed by atoms with Crippen LogP contribution in [0, 0.1) is 37.5 Å². The second-order valence-corrected chi connectivity index (χ2v) is 9.49. The highest BCUT2D eigenvalue weighted by atomic mass is 32.1. The van der Waals surface area contributed by atoms with Crippen molar-refractivity contribution in [2.45, 2.75) is 26.7 Å². The van der Waals surface area contributed by atoms with Gasteiger partial charge in [-0.1, -0.05) is 42.0 Å². The number of allylic oxidation sites excluding steroid dienone is 2. The number of nitrogens with one attached hydrogen (secondary N) is 1. The largest absolute Gasteiger partial charge is 0.481 e. The van der Waals surface area contributed by atoms with Crippen molar-refractivity contribution in [2.75, 3.05) is 12.4 Å². The van der Waals surface area contributed by atoms with Crippen molar-refractivity contribution >= 4 is 34.2 Å². The fourth-order valence-corrected chi connectivity index (χ4v) is 5.95. The summed E-state index contributed by atoms with van der Waals surface area (Å²) in [5.41, 5.74) is 3.01. The number of hydrogen-bond acceptors (Lipinski definition) is 5. The van der Waals surface area contributed by atoms with E-state index in [-0.39, 0.29) is 17.7 Å². The van der Waals surface area contributed by atoms with E-state index in [1.165, 1.54) is 18.4 Å². The van der Waals surface area contributed by atoms with E-state index in [0.717, 1.165) is 34.4 Å². The molecule has 1 heterocycles. The van der Waals surface area contributed by atoms with E-state index in [1.54, 1.807) is 0 Å². The highest BCUT2D eigenvalue weighted by molar-refractivity contribution is 7.17. The molecule has 5 rings (SSSR count). The van der Waals surface area contributed by atoms with Crippen LogP contribution in [0.4, 0.5) is 5.00 Å². The van der Waals surface area contributed by atoms with Crippen LogP contribution in [0.1, 0.15) is 33.6 Å². The summed E-state index contributed by atoms with van der Waals surface area (Å²) >= 11 is 1.31. The number of carbonyl (C=O) groups excluding carboxylic acids is 2. The Hall–Kier alpha value is -2.93. The highest BCUT2D eigenvalue weighted by Crippen LogP contribution is 2.46. The van der Waals surface area contributed by atoms with Crippen LogP contribution in [0.3, 0.4) is 0 Å². The maximum absolute atomic E-state index is 13.3. The molecule has 31 heavy (non-hydrogen) atoms. The predicted molar refractivity (Wildman–Crippen MR) is 119 cm³/mol. The molecule has 1 fully saturated rings.